The van der Waals surface area contributed by atoms with Crippen LogP contribution in [-0.2, 0) is 62.0 Å². The van der Waals surface area contributed by atoms with E-state index in [9.17, 15) is 33.6 Å². The summed E-state index contributed by atoms with van der Waals surface area (Å²) in [6.45, 7) is 5.29. The van der Waals surface area contributed by atoms with Crippen molar-refractivity contribution < 1.29 is 62.0 Å². The van der Waals surface area contributed by atoms with Gasteiger partial charge in [-0.25, -0.2) is 4.79 Å². The van der Waals surface area contributed by atoms with Crippen molar-refractivity contribution in [2.75, 3.05) is 26.9 Å². The molecule has 214 valence electrons. The van der Waals surface area contributed by atoms with E-state index in [1.165, 1.54) is 14.0 Å². The number of methoxy groups -OCH3 is 1. The molecule has 0 aliphatic carbocycles. The highest BCUT2D eigenvalue weighted by atomic mass is 16.7. The van der Waals surface area contributed by atoms with Crippen LogP contribution < -0.4 is 16.0 Å². The predicted molar refractivity (Wildman–Crippen MR) is 123 cm³/mol. The largest absolute Gasteiger partial charge is 0.464 e. The topological polar surface area (TPSA) is 211 Å². The Morgan fingerprint density at radius 1 is 0.868 bits per heavy atom. The third kappa shape index (κ3) is 10.3. The summed E-state index contributed by atoms with van der Waals surface area (Å²) in [4.78, 5) is 83.4. The zero-order valence-corrected chi connectivity index (χ0v) is 21.9. The average molecular weight is 548 g/mol. The minimum absolute atomic E-state index is 0.112. The Labute approximate surface area is 218 Å². The fourth-order valence-corrected chi connectivity index (χ4v) is 3.33. The SMILES string of the molecule is CCOC(=O)[C@H](C)NC(=O)CNC(=O)C(=O)N[C@H]1[C@@H](OC)O[C@H](COC(C)=O)[C@@H](OC(C)=O)[C@@H]1OC(C)=O. The third-order valence-corrected chi connectivity index (χ3v) is 4.86. The lowest BCUT2D eigenvalue weighted by molar-refractivity contribution is -0.271. The van der Waals surface area contributed by atoms with Crippen molar-refractivity contribution in [3.05, 3.63) is 0 Å². The maximum absolute atomic E-state index is 12.6. The number of esters is 4. The van der Waals surface area contributed by atoms with Crippen molar-refractivity contribution >= 4 is 41.6 Å². The number of ether oxygens (including phenoxy) is 6. The minimum atomic E-state index is -1.43. The quantitative estimate of drug-likeness (QED) is 0.138. The number of rotatable bonds is 11. The molecule has 1 heterocycles. The summed E-state index contributed by atoms with van der Waals surface area (Å²) >= 11 is 0. The number of carbonyl (C=O) groups excluding carboxylic acids is 7. The van der Waals surface area contributed by atoms with E-state index in [0.717, 1.165) is 20.8 Å². The van der Waals surface area contributed by atoms with Gasteiger partial charge >= 0.3 is 35.7 Å². The van der Waals surface area contributed by atoms with E-state index < -0.39 is 91.4 Å². The highest BCUT2D eigenvalue weighted by molar-refractivity contribution is 6.35. The van der Waals surface area contributed by atoms with E-state index in [-0.39, 0.29) is 6.61 Å². The first kappa shape index (κ1) is 32.2. The smallest absolute Gasteiger partial charge is 0.328 e. The van der Waals surface area contributed by atoms with Crippen LogP contribution in [-0.4, -0.2) is 105 Å². The standard InChI is InChI=1S/C22H33N3O13/c1-7-34-21(32)10(2)24-15(29)8-23-19(30)20(31)25-16-18(37-13(5)28)17(36-12(4)27)14(9-35-11(3)26)38-22(16)33-6/h10,14,16-18,22H,7-9H2,1-6H3,(H,23,30)(H,24,29)(H,25,31)/t10-,14+,16+,17+,18+,22-/m0/s1. The Balaban J connectivity index is 3.00. The second-order valence-corrected chi connectivity index (χ2v) is 7.95. The molecule has 0 radical (unpaired) electrons. The number of nitrogens with one attached hydrogen (secondary N) is 3. The molecule has 0 saturated carbocycles. The van der Waals surface area contributed by atoms with Crippen LogP contribution in [0.25, 0.3) is 0 Å². The summed E-state index contributed by atoms with van der Waals surface area (Å²) in [6, 6.07) is -2.37. The van der Waals surface area contributed by atoms with Gasteiger partial charge in [-0.1, -0.05) is 0 Å². The second kappa shape index (κ2) is 15.5. The Morgan fingerprint density at radius 3 is 2.00 bits per heavy atom. The van der Waals surface area contributed by atoms with Gasteiger partial charge in [0.1, 0.15) is 24.8 Å². The summed E-state index contributed by atoms with van der Waals surface area (Å²) in [5, 5.41) is 6.65. The fraction of sp³-hybridized carbons (Fsp3) is 0.682. The van der Waals surface area contributed by atoms with Crippen LogP contribution in [0, 0.1) is 0 Å². The van der Waals surface area contributed by atoms with Crippen LogP contribution in [0.15, 0.2) is 0 Å². The molecule has 1 saturated heterocycles. The lowest BCUT2D eigenvalue weighted by atomic mass is 9.96. The zero-order valence-electron chi connectivity index (χ0n) is 21.9. The minimum Gasteiger partial charge on any atom is -0.464 e. The van der Waals surface area contributed by atoms with Crippen LogP contribution in [0.1, 0.15) is 34.6 Å². The zero-order chi connectivity index (χ0) is 29.0. The van der Waals surface area contributed by atoms with Crippen LogP contribution in [0.5, 0.6) is 0 Å². The molecule has 0 aromatic heterocycles. The van der Waals surface area contributed by atoms with Gasteiger partial charge in [0.05, 0.1) is 13.2 Å². The normalized spacial score (nSPS) is 23.2. The Morgan fingerprint density at radius 2 is 1.47 bits per heavy atom. The first-order valence-electron chi connectivity index (χ1n) is 11.5. The lowest BCUT2D eigenvalue weighted by Gasteiger charge is -2.44. The van der Waals surface area contributed by atoms with Gasteiger partial charge in [-0.05, 0) is 13.8 Å². The van der Waals surface area contributed by atoms with Gasteiger partial charge in [0, 0.05) is 27.9 Å². The summed E-state index contributed by atoms with van der Waals surface area (Å²) in [6.07, 6.45) is -5.31. The second-order valence-electron chi connectivity index (χ2n) is 7.95. The van der Waals surface area contributed by atoms with Gasteiger partial charge in [-0.15, -0.1) is 0 Å². The Hall–Kier alpha value is -3.79. The molecule has 0 unspecified atom stereocenters. The molecule has 3 N–H and O–H groups in total. The van der Waals surface area contributed by atoms with Gasteiger partial charge in [-0.3, -0.25) is 28.8 Å². The molecule has 0 aromatic rings. The molecule has 6 atom stereocenters. The van der Waals surface area contributed by atoms with Crippen molar-refractivity contribution in [2.45, 2.75) is 71.3 Å². The van der Waals surface area contributed by atoms with E-state index in [1.54, 1.807) is 6.92 Å². The maximum Gasteiger partial charge on any atom is 0.328 e. The highest BCUT2D eigenvalue weighted by Gasteiger charge is 2.51. The molecular formula is C22H33N3O13. The Kier molecular flexibility index (Phi) is 13.1. The maximum atomic E-state index is 12.6. The summed E-state index contributed by atoms with van der Waals surface area (Å²) in [5.74, 6) is -6.28. The van der Waals surface area contributed by atoms with E-state index in [2.05, 4.69) is 16.0 Å². The molecule has 1 aliphatic rings. The van der Waals surface area contributed by atoms with E-state index in [1.807, 2.05) is 0 Å². The highest BCUT2D eigenvalue weighted by Crippen LogP contribution is 2.27. The molecular weight excluding hydrogens is 514 g/mol. The molecule has 0 bridgehead atoms. The number of hydrogen-bond donors (Lipinski definition) is 3. The molecule has 3 amide bonds. The van der Waals surface area contributed by atoms with Crippen LogP contribution in [0.2, 0.25) is 0 Å². The molecule has 0 aromatic carbocycles. The summed E-state index contributed by atoms with van der Waals surface area (Å²) in [5.41, 5.74) is 0. The first-order valence-corrected chi connectivity index (χ1v) is 11.5. The average Bonchev–Trinajstić information content (AvgIpc) is 2.83. The van der Waals surface area contributed by atoms with E-state index >= 15 is 0 Å². The van der Waals surface area contributed by atoms with Crippen molar-refractivity contribution in [3.63, 3.8) is 0 Å². The first-order chi connectivity index (χ1) is 17.8. The molecule has 16 nitrogen and oxygen atoms in total. The van der Waals surface area contributed by atoms with Crippen molar-refractivity contribution in [1.29, 1.82) is 0 Å². The molecule has 0 spiro atoms. The summed E-state index contributed by atoms with van der Waals surface area (Å²) in [7, 11) is 1.19. The van der Waals surface area contributed by atoms with Crippen molar-refractivity contribution in [2.24, 2.45) is 0 Å². The Bertz CT molecular complexity index is 909. The molecule has 38 heavy (non-hydrogen) atoms. The molecule has 1 aliphatic heterocycles. The van der Waals surface area contributed by atoms with Gasteiger partial charge in [0.2, 0.25) is 5.91 Å². The molecule has 1 rings (SSSR count). The van der Waals surface area contributed by atoms with E-state index in [4.69, 9.17) is 28.4 Å². The van der Waals surface area contributed by atoms with Crippen LogP contribution in [0.3, 0.4) is 0 Å². The number of hydrogen-bond acceptors (Lipinski definition) is 13. The molecule has 1 fully saturated rings. The lowest BCUT2D eigenvalue weighted by Crippen LogP contribution is -2.67. The summed E-state index contributed by atoms with van der Waals surface area (Å²) < 4.78 is 31.1. The monoisotopic (exact) mass is 547 g/mol. The van der Waals surface area contributed by atoms with Gasteiger partial charge in [0.15, 0.2) is 18.5 Å². The number of carbonyl (C=O) groups is 7. The van der Waals surface area contributed by atoms with Crippen molar-refractivity contribution in [1.82, 2.24) is 16.0 Å². The van der Waals surface area contributed by atoms with E-state index in [0.29, 0.717) is 0 Å². The van der Waals surface area contributed by atoms with Crippen molar-refractivity contribution in [3.8, 4) is 0 Å². The van der Waals surface area contributed by atoms with Crippen LogP contribution in [0.4, 0.5) is 0 Å². The van der Waals surface area contributed by atoms with Gasteiger partial charge < -0.3 is 44.4 Å². The fourth-order valence-electron chi connectivity index (χ4n) is 3.33. The van der Waals surface area contributed by atoms with Gasteiger partial charge in [0.25, 0.3) is 0 Å². The third-order valence-electron chi connectivity index (χ3n) is 4.86. The molecule has 16 heteroatoms. The number of amides is 3. The predicted octanol–water partition coefficient (Wildman–Crippen LogP) is -2.55. The van der Waals surface area contributed by atoms with Gasteiger partial charge in [-0.2, -0.15) is 0 Å². The van der Waals surface area contributed by atoms with Crippen LogP contribution >= 0.6 is 0 Å².